The Bertz CT molecular complexity index is 441. The SMILES string of the molecule is NC(=O)Oc1ccccc1C(=O)[CH]C1CCN1. The predicted molar refractivity (Wildman–Crippen MR) is 61.7 cm³/mol. The second-order valence-corrected chi connectivity index (χ2v) is 3.80. The van der Waals surface area contributed by atoms with Gasteiger partial charge >= 0.3 is 6.09 Å². The third-order valence-corrected chi connectivity index (χ3v) is 2.58. The molecule has 1 atom stereocenters. The molecule has 5 nitrogen and oxygen atoms in total. The van der Waals surface area contributed by atoms with Gasteiger partial charge < -0.3 is 15.8 Å². The van der Waals surface area contributed by atoms with E-state index < -0.39 is 6.09 Å². The van der Waals surface area contributed by atoms with Gasteiger partial charge in [0.05, 0.1) is 5.56 Å². The van der Waals surface area contributed by atoms with E-state index in [1.54, 1.807) is 30.7 Å². The maximum atomic E-state index is 11.9. The number of primary amides is 1. The number of nitrogens with one attached hydrogen (secondary N) is 1. The molecular weight excluding hydrogens is 220 g/mol. The van der Waals surface area contributed by atoms with E-state index in [0.717, 1.165) is 13.0 Å². The Labute approximate surface area is 98.9 Å². The molecular formula is C12H13N2O3. The molecule has 1 saturated heterocycles. The van der Waals surface area contributed by atoms with Gasteiger partial charge in [-0.15, -0.1) is 0 Å². The average molecular weight is 233 g/mol. The Hall–Kier alpha value is -1.88. The van der Waals surface area contributed by atoms with E-state index in [1.165, 1.54) is 0 Å². The van der Waals surface area contributed by atoms with Crippen molar-refractivity contribution in [3.05, 3.63) is 36.2 Å². The molecule has 5 heteroatoms. The molecule has 0 aromatic heterocycles. The summed E-state index contributed by atoms with van der Waals surface area (Å²) < 4.78 is 4.78. The van der Waals surface area contributed by atoms with Crippen molar-refractivity contribution in [3.63, 3.8) is 0 Å². The average Bonchev–Trinajstić information content (AvgIpc) is 2.23. The fourth-order valence-corrected chi connectivity index (χ4v) is 1.59. The van der Waals surface area contributed by atoms with E-state index in [2.05, 4.69) is 5.32 Å². The molecule has 1 aromatic carbocycles. The van der Waals surface area contributed by atoms with Crippen LogP contribution < -0.4 is 15.8 Å². The van der Waals surface area contributed by atoms with Crippen molar-refractivity contribution in [1.82, 2.24) is 5.32 Å². The van der Waals surface area contributed by atoms with Gasteiger partial charge in [-0.05, 0) is 25.1 Å². The largest absolute Gasteiger partial charge is 0.410 e. The highest BCUT2D eigenvalue weighted by atomic mass is 16.5. The summed E-state index contributed by atoms with van der Waals surface area (Å²) >= 11 is 0. The molecule has 1 fully saturated rings. The number of ether oxygens (including phenoxy) is 1. The molecule has 89 valence electrons. The number of ketones is 1. The summed E-state index contributed by atoms with van der Waals surface area (Å²) in [5.41, 5.74) is 5.28. The van der Waals surface area contributed by atoms with Gasteiger partial charge in [0.2, 0.25) is 0 Å². The number of hydrogen-bond donors (Lipinski definition) is 2. The van der Waals surface area contributed by atoms with E-state index in [0.29, 0.717) is 5.56 Å². The van der Waals surface area contributed by atoms with Crippen molar-refractivity contribution in [2.24, 2.45) is 5.73 Å². The number of hydrogen-bond acceptors (Lipinski definition) is 4. The van der Waals surface area contributed by atoms with Crippen LogP contribution in [0.4, 0.5) is 4.79 Å². The molecule has 0 saturated carbocycles. The Balaban J connectivity index is 2.12. The zero-order valence-corrected chi connectivity index (χ0v) is 9.18. The fourth-order valence-electron chi connectivity index (χ4n) is 1.59. The molecule has 0 spiro atoms. The smallest absolute Gasteiger partial charge is 0.409 e. The van der Waals surface area contributed by atoms with Crippen LogP contribution in [0.3, 0.4) is 0 Å². The van der Waals surface area contributed by atoms with Crippen LogP contribution in [0.5, 0.6) is 5.75 Å². The Morgan fingerprint density at radius 2 is 2.12 bits per heavy atom. The first-order valence-corrected chi connectivity index (χ1v) is 5.36. The normalized spacial score (nSPS) is 18.2. The zero-order valence-electron chi connectivity index (χ0n) is 9.18. The quantitative estimate of drug-likeness (QED) is 0.757. The first kappa shape index (κ1) is 11.6. The van der Waals surface area contributed by atoms with Crippen LogP contribution in [0.2, 0.25) is 0 Å². The standard InChI is InChI=1S/C12H13N2O3/c13-12(16)17-11-4-2-1-3-9(11)10(15)7-8-5-6-14-8/h1-4,7-8,14H,5-6H2,(H2,13,16). The first-order valence-electron chi connectivity index (χ1n) is 5.36. The fraction of sp³-hybridized carbons (Fsp3) is 0.250. The van der Waals surface area contributed by atoms with Gasteiger partial charge in [0.1, 0.15) is 5.75 Å². The highest BCUT2D eigenvalue weighted by molar-refractivity contribution is 6.05. The predicted octanol–water partition coefficient (Wildman–Crippen LogP) is 0.893. The summed E-state index contributed by atoms with van der Waals surface area (Å²) in [6, 6.07) is 6.65. The third kappa shape index (κ3) is 2.82. The van der Waals surface area contributed by atoms with Crippen LogP contribution in [0.1, 0.15) is 16.8 Å². The van der Waals surface area contributed by atoms with Crippen LogP contribution in [0, 0.1) is 6.42 Å². The van der Waals surface area contributed by atoms with Crippen LogP contribution >= 0.6 is 0 Å². The number of para-hydroxylation sites is 1. The summed E-state index contributed by atoms with van der Waals surface area (Å²) in [4.78, 5) is 22.6. The van der Waals surface area contributed by atoms with E-state index in [-0.39, 0.29) is 17.6 Å². The Morgan fingerprint density at radius 3 is 2.71 bits per heavy atom. The van der Waals surface area contributed by atoms with Crippen LogP contribution in [-0.2, 0) is 0 Å². The summed E-state index contributed by atoms with van der Waals surface area (Å²) in [6.07, 6.45) is 1.61. The number of carbonyl (C=O) groups excluding carboxylic acids is 2. The number of carbonyl (C=O) groups is 2. The summed E-state index contributed by atoms with van der Waals surface area (Å²) in [7, 11) is 0. The second-order valence-electron chi connectivity index (χ2n) is 3.80. The van der Waals surface area contributed by atoms with Crippen LogP contribution in [0.15, 0.2) is 24.3 Å². The topological polar surface area (TPSA) is 81.4 Å². The third-order valence-electron chi connectivity index (χ3n) is 2.58. The van der Waals surface area contributed by atoms with Gasteiger partial charge in [-0.25, -0.2) is 4.79 Å². The maximum absolute atomic E-state index is 11.9. The lowest BCUT2D eigenvalue weighted by Gasteiger charge is -2.26. The number of benzene rings is 1. The molecule has 1 aliphatic heterocycles. The van der Waals surface area contributed by atoms with Gasteiger partial charge in [0, 0.05) is 12.5 Å². The highest BCUT2D eigenvalue weighted by Crippen LogP contribution is 2.21. The van der Waals surface area contributed by atoms with Crippen molar-refractivity contribution >= 4 is 11.9 Å². The van der Waals surface area contributed by atoms with Gasteiger partial charge in [-0.1, -0.05) is 12.1 Å². The van der Waals surface area contributed by atoms with Crippen molar-refractivity contribution in [1.29, 1.82) is 0 Å². The maximum Gasteiger partial charge on any atom is 0.409 e. The number of nitrogens with two attached hydrogens (primary N) is 1. The van der Waals surface area contributed by atoms with Gasteiger partial charge in [-0.3, -0.25) is 4.79 Å². The van der Waals surface area contributed by atoms with Crippen molar-refractivity contribution in [3.8, 4) is 5.75 Å². The lowest BCUT2D eigenvalue weighted by atomic mass is 9.97. The number of rotatable bonds is 4. The number of amides is 1. The van der Waals surface area contributed by atoms with Gasteiger partial charge in [-0.2, -0.15) is 0 Å². The molecule has 1 amide bonds. The first-order chi connectivity index (χ1) is 8.16. The van der Waals surface area contributed by atoms with Gasteiger partial charge in [0.15, 0.2) is 5.78 Å². The van der Waals surface area contributed by atoms with Crippen LogP contribution in [-0.4, -0.2) is 24.5 Å². The van der Waals surface area contributed by atoms with Crippen molar-refractivity contribution < 1.29 is 14.3 Å². The molecule has 1 aliphatic rings. The van der Waals surface area contributed by atoms with E-state index >= 15 is 0 Å². The minimum absolute atomic E-state index is 0.115. The van der Waals surface area contributed by atoms with E-state index in [9.17, 15) is 9.59 Å². The van der Waals surface area contributed by atoms with Gasteiger partial charge in [0.25, 0.3) is 0 Å². The summed E-state index contributed by atoms with van der Waals surface area (Å²) in [6.45, 7) is 0.924. The molecule has 0 bridgehead atoms. The lowest BCUT2D eigenvalue weighted by Crippen LogP contribution is -2.44. The molecule has 1 radical (unpaired) electrons. The number of Topliss-reactive ketones (excluding diaryl/α,β-unsaturated/α-hetero) is 1. The van der Waals surface area contributed by atoms with Crippen molar-refractivity contribution in [2.75, 3.05) is 6.54 Å². The molecule has 1 unspecified atom stereocenters. The minimum atomic E-state index is -0.924. The summed E-state index contributed by atoms with van der Waals surface area (Å²) in [5, 5.41) is 3.10. The lowest BCUT2D eigenvalue weighted by molar-refractivity contribution is 0.101. The van der Waals surface area contributed by atoms with Crippen molar-refractivity contribution in [2.45, 2.75) is 12.5 Å². The monoisotopic (exact) mass is 233 g/mol. The molecule has 2 rings (SSSR count). The molecule has 3 N–H and O–H groups in total. The molecule has 0 aliphatic carbocycles. The highest BCUT2D eigenvalue weighted by Gasteiger charge is 2.23. The van der Waals surface area contributed by atoms with Crippen LogP contribution in [0.25, 0.3) is 0 Å². The molecule has 1 aromatic rings. The van der Waals surface area contributed by atoms with E-state index in [4.69, 9.17) is 10.5 Å². The zero-order chi connectivity index (χ0) is 12.3. The second kappa shape index (κ2) is 4.97. The Morgan fingerprint density at radius 1 is 1.41 bits per heavy atom. The summed E-state index contributed by atoms with van der Waals surface area (Å²) in [5.74, 6) is 0.0274. The van der Waals surface area contributed by atoms with E-state index in [1.807, 2.05) is 0 Å². The molecule has 17 heavy (non-hydrogen) atoms. The Kier molecular flexibility index (Phi) is 3.39. The molecule has 1 heterocycles. The minimum Gasteiger partial charge on any atom is -0.410 e.